The number of benzene rings is 1. The molecule has 1 aromatic carbocycles. The molecule has 0 bridgehead atoms. The molecule has 0 unspecified atom stereocenters. The van der Waals surface area contributed by atoms with Gasteiger partial charge in [0.2, 0.25) is 0 Å². The number of aromatic nitrogens is 3. The molecule has 0 radical (unpaired) electrons. The zero-order valence-electron chi connectivity index (χ0n) is 9.27. The van der Waals surface area contributed by atoms with Crippen LogP contribution in [0.1, 0.15) is 13.3 Å². The number of rotatable bonds is 3. The molecule has 0 fully saturated rings. The van der Waals surface area contributed by atoms with Crippen molar-refractivity contribution in [3.8, 4) is 17.1 Å². The number of H-pyrrole nitrogens is 1. The molecule has 0 atom stereocenters. The Bertz CT molecular complexity index is 570. The highest BCUT2D eigenvalue weighted by atomic mass is 32.1. The molecule has 17 heavy (non-hydrogen) atoms. The Morgan fingerprint density at radius 1 is 1.53 bits per heavy atom. The van der Waals surface area contributed by atoms with Gasteiger partial charge >= 0.3 is 0 Å². The van der Waals surface area contributed by atoms with E-state index < -0.39 is 5.82 Å². The van der Waals surface area contributed by atoms with Crippen molar-refractivity contribution in [2.24, 2.45) is 0 Å². The first-order valence-corrected chi connectivity index (χ1v) is 5.69. The van der Waals surface area contributed by atoms with Crippen molar-refractivity contribution in [2.75, 3.05) is 0 Å². The molecule has 6 heteroatoms. The summed E-state index contributed by atoms with van der Waals surface area (Å²) in [5.74, 6) is -0.333. The van der Waals surface area contributed by atoms with Crippen LogP contribution in [0.2, 0.25) is 0 Å². The van der Waals surface area contributed by atoms with Gasteiger partial charge in [-0.3, -0.25) is 9.67 Å². The molecular weight excluding hydrogens is 241 g/mol. The Morgan fingerprint density at radius 2 is 2.29 bits per heavy atom. The molecule has 0 saturated heterocycles. The van der Waals surface area contributed by atoms with Crippen LogP contribution in [-0.2, 0) is 6.54 Å². The minimum atomic E-state index is -0.517. The second kappa shape index (κ2) is 4.67. The fraction of sp³-hybridized carbons (Fsp3) is 0.273. The maximum absolute atomic E-state index is 13.7. The molecule has 1 aromatic heterocycles. The summed E-state index contributed by atoms with van der Waals surface area (Å²) in [5, 5.41) is 16.3. The third-order valence-electron chi connectivity index (χ3n) is 2.42. The summed E-state index contributed by atoms with van der Waals surface area (Å²) in [4.78, 5) is 0. The predicted molar refractivity (Wildman–Crippen MR) is 64.8 cm³/mol. The second-order valence-electron chi connectivity index (χ2n) is 3.64. The van der Waals surface area contributed by atoms with E-state index in [1.165, 1.54) is 18.2 Å². The van der Waals surface area contributed by atoms with Crippen LogP contribution < -0.4 is 0 Å². The molecule has 0 spiro atoms. The molecule has 90 valence electrons. The highest BCUT2D eigenvalue weighted by Gasteiger charge is 2.16. The van der Waals surface area contributed by atoms with Gasteiger partial charge in [0, 0.05) is 6.54 Å². The number of phenolic OH excluding ortho intramolecular Hbond substituents is 1. The van der Waals surface area contributed by atoms with Crippen LogP contribution in [-0.4, -0.2) is 19.9 Å². The first-order chi connectivity index (χ1) is 8.15. The lowest BCUT2D eigenvalue weighted by atomic mass is 10.1. The number of halogens is 1. The number of aromatic hydroxyl groups is 1. The van der Waals surface area contributed by atoms with E-state index in [2.05, 4.69) is 10.2 Å². The third kappa shape index (κ3) is 2.08. The van der Waals surface area contributed by atoms with Crippen molar-refractivity contribution >= 4 is 12.2 Å². The van der Waals surface area contributed by atoms with Gasteiger partial charge in [-0.2, -0.15) is 5.10 Å². The quantitative estimate of drug-likeness (QED) is 0.827. The zero-order chi connectivity index (χ0) is 12.4. The van der Waals surface area contributed by atoms with Crippen molar-refractivity contribution < 1.29 is 9.50 Å². The van der Waals surface area contributed by atoms with Gasteiger partial charge in [0.15, 0.2) is 10.6 Å². The lowest BCUT2D eigenvalue weighted by molar-refractivity contribution is 0.470. The lowest BCUT2D eigenvalue weighted by Crippen LogP contribution is -2.01. The molecule has 0 amide bonds. The third-order valence-corrected chi connectivity index (χ3v) is 2.73. The molecule has 0 aliphatic carbocycles. The van der Waals surface area contributed by atoms with Gasteiger partial charge in [-0.05, 0) is 30.8 Å². The van der Waals surface area contributed by atoms with Crippen LogP contribution in [0, 0.1) is 10.6 Å². The Hall–Kier alpha value is -1.69. The van der Waals surface area contributed by atoms with E-state index in [0.717, 1.165) is 6.42 Å². The Kier molecular flexibility index (Phi) is 3.23. The number of hydrogen-bond donors (Lipinski definition) is 2. The Balaban J connectivity index is 2.65. The lowest BCUT2D eigenvalue weighted by Gasteiger charge is -2.07. The van der Waals surface area contributed by atoms with Gasteiger partial charge in [-0.25, -0.2) is 4.39 Å². The monoisotopic (exact) mass is 253 g/mol. The molecule has 2 rings (SSSR count). The summed E-state index contributed by atoms with van der Waals surface area (Å²) in [6, 6.07) is 4.15. The van der Waals surface area contributed by atoms with E-state index in [9.17, 15) is 9.50 Å². The minimum Gasteiger partial charge on any atom is -0.507 e. The number of nitrogens with one attached hydrogen (secondary N) is 1. The largest absolute Gasteiger partial charge is 0.507 e. The van der Waals surface area contributed by atoms with Crippen LogP contribution in [0.15, 0.2) is 18.2 Å². The first-order valence-electron chi connectivity index (χ1n) is 5.28. The molecular formula is C11H12FN3OS. The van der Waals surface area contributed by atoms with E-state index in [-0.39, 0.29) is 11.3 Å². The van der Waals surface area contributed by atoms with E-state index in [1.807, 2.05) is 6.92 Å². The van der Waals surface area contributed by atoms with E-state index in [4.69, 9.17) is 12.2 Å². The van der Waals surface area contributed by atoms with E-state index in [0.29, 0.717) is 17.1 Å². The van der Waals surface area contributed by atoms with Crippen molar-refractivity contribution in [2.45, 2.75) is 19.9 Å². The normalized spacial score (nSPS) is 10.7. The summed E-state index contributed by atoms with van der Waals surface area (Å²) in [6.07, 6.45) is 0.843. The maximum atomic E-state index is 13.7. The van der Waals surface area contributed by atoms with E-state index >= 15 is 0 Å². The summed E-state index contributed by atoms with van der Waals surface area (Å²) < 4.78 is 15.8. The first kappa shape index (κ1) is 11.8. The maximum Gasteiger partial charge on any atom is 0.195 e. The molecule has 1 heterocycles. The van der Waals surface area contributed by atoms with Gasteiger partial charge in [0.1, 0.15) is 11.6 Å². The topological polar surface area (TPSA) is 53.8 Å². The van der Waals surface area contributed by atoms with Crippen LogP contribution in [0.4, 0.5) is 4.39 Å². The van der Waals surface area contributed by atoms with Crippen molar-refractivity contribution in [1.82, 2.24) is 14.8 Å². The second-order valence-corrected chi connectivity index (χ2v) is 4.02. The highest BCUT2D eigenvalue weighted by molar-refractivity contribution is 7.71. The minimum absolute atomic E-state index is 0.0771. The summed E-state index contributed by atoms with van der Waals surface area (Å²) in [5.41, 5.74) is 0.0771. The highest BCUT2D eigenvalue weighted by Crippen LogP contribution is 2.30. The standard InChI is InChI=1S/C11H12FN3OS/c1-2-6-15-10(13-14-11(15)17)9-7(12)4-3-5-8(9)16/h3-5,16H,2,6H2,1H3,(H,14,17). The number of hydrogen-bond acceptors (Lipinski definition) is 3. The smallest absolute Gasteiger partial charge is 0.195 e. The van der Waals surface area contributed by atoms with Gasteiger partial charge in [-0.1, -0.05) is 13.0 Å². The molecule has 2 aromatic rings. The number of phenols is 1. The van der Waals surface area contributed by atoms with Crippen molar-refractivity contribution in [3.05, 3.63) is 28.8 Å². The molecule has 2 N–H and O–H groups in total. The number of nitrogens with zero attached hydrogens (tertiary/aromatic N) is 2. The van der Waals surface area contributed by atoms with Gasteiger partial charge < -0.3 is 5.11 Å². The van der Waals surface area contributed by atoms with Gasteiger partial charge in [0.05, 0.1) is 5.56 Å². The SMILES string of the molecule is CCCn1c(-c2c(O)cccc2F)n[nH]c1=S. The fourth-order valence-electron chi connectivity index (χ4n) is 1.67. The molecule has 0 aliphatic heterocycles. The van der Waals surface area contributed by atoms with E-state index in [1.54, 1.807) is 4.57 Å². The summed E-state index contributed by atoms with van der Waals surface area (Å²) >= 11 is 5.07. The average molecular weight is 253 g/mol. The van der Waals surface area contributed by atoms with Crippen LogP contribution in [0.3, 0.4) is 0 Å². The Labute approximate surface area is 103 Å². The van der Waals surface area contributed by atoms with Crippen molar-refractivity contribution in [1.29, 1.82) is 0 Å². The number of aromatic amines is 1. The zero-order valence-corrected chi connectivity index (χ0v) is 10.1. The summed E-state index contributed by atoms with van der Waals surface area (Å²) in [7, 11) is 0. The predicted octanol–water partition coefficient (Wildman–Crippen LogP) is 2.86. The van der Waals surface area contributed by atoms with Gasteiger partial charge in [0.25, 0.3) is 0 Å². The summed E-state index contributed by atoms with van der Waals surface area (Å²) in [6.45, 7) is 2.61. The van der Waals surface area contributed by atoms with Crippen LogP contribution >= 0.6 is 12.2 Å². The molecule has 0 saturated carbocycles. The van der Waals surface area contributed by atoms with Gasteiger partial charge in [-0.15, -0.1) is 0 Å². The molecule has 0 aliphatic rings. The Morgan fingerprint density at radius 3 is 2.94 bits per heavy atom. The van der Waals surface area contributed by atoms with Crippen molar-refractivity contribution in [3.63, 3.8) is 0 Å². The average Bonchev–Trinajstić information content (AvgIpc) is 2.62. The van der Waals surface area contributed by atoms with Crippen LogP contribution in [0.25, 0.3) is 11.4 Å². The van der Waals surface area contributed by atoms with Crippen LogP contribution in [0.5, 0.6) is 5.75 Å². The molecule has 4 nitrogen and oxygen atoms in total. The fourth-order valence-corrected chi connectivity index (χ4v) is 1.90.